The minimum atomic E-state index is -0.431. The molecule has 0 atom stereocenters. The fraction of sp³-hybridized carbons (Fsp3) is 0.600. The topological polar surface area (TPSA) is 57.5 Å². The lowest BCUT2D eigenvalue weighted by Gasteiger charge is -2.16. The van der Waals surface area contributed by atoms with Crippen LogP contribution >= 0.6 is 30.1 Å². The molecular weight excluding hydrogens is 417 g/mol. The van der Waals surface area contributed by atoms with Crippen LogP contribution in [0.4, 0.5) is 0 Å². The summed E-state index contributed by atoms with van der Waals surface area (Å²) in [6.07, 6.45) is 2.16. The van der Waals surface area contributed by atoms with Crippen LogP contribution in [0.25, 0.3) is 0 Å². The maximum absolute atomic E-state index is 11.9. The number of carbonyl (C=O) groups is 2. The molecule has 0 aliphatic heterocycles. The van der Waals surface area contributed by atoms with Crippen molar-refractivity contribution in [3.8, 4) is 0 Å². The third-order valence-corrected chi connectivity index (χ3v) is 4.89. The van der Waals surface area contributed by atoms with Crippen LogP contribution in [0.3, 0.4) is 0 Å². The quantitative estimate of drug-likeness (QED) is 0.383. The van der Waals surface area contributed by atoms with Gasteiger partial charge in [-0.25, -0.2) is 4.79 Å². The van der Waals surface area contributed by atoms with Crippen LogP contribution in [0.5, 0.6) is 0 Å². The SMILES string of the molecule is CC.COC(=O)c1cc2c(n1COCCSI)CCCC2=O. The Morgan fingerprint density at radius 2 is 2.14 bits per heavy atom. The molecule has 0 saturated heterocycles. The van der Waals surface area contributed by atoms with E-state index in [0.29, 0.717) is 24.3 Å². The van der Waals surface area contributed by atoms with Gasteiger partial charge in [0.2, 0.25) is 0 Å². The Kier molecular flexibility index (Phi) is 9.11. The zero-order valence-corrected chi connectivity index (χ0v) is 16.2. The number of rotatable bonds is 6. The van der Waals surface area contributed by atoms with Crippen molar-refractivity contribution in [2.75, 3.05) is 19.5 Å². The second-order valence-corrected chi connectivity index (χ2v) is 6.93. The number of hydrogen-bond donors (Lipinski definition) is 0. The highest BCUT2D eigenvalue weighted by atomic mass is 127. The highest BCUT2D eigenvalue weighted by Gasteiger charge is 2.26. The Bertz CT molecular complexity index is 516. The minimum Gasteiger partial charge on any atom is -0.464 e. The molecule has 0 N–H and O–H groups in total. The van der Waals surface area contributed by atoms with Crippen molar-refractivity contribution in [2.45, 2.75) is 39.8 Å². The monoisotopic (exact) mass is 439 g/mol. The van der Waals surface area contributed by atoms with Crippen molar-refractivity contribution in [1.29, 1.82) is 0 Å². The van der Waals surface area contributed by atoms with Crippen LogP contribution in [0, 0.1) is 0 Å². The van der Waals surface area contributed by atoms with E-state index in [0.717, 1.165) is 24.3 Å². The molecule has 7 heteroatoms. The molecule has 124 valence electrons. The number of nitrogens with zero attached hydrogens (tertiary/aromatic N) is 1. The first-order chi connectivity index (χ1) is 10.7. The molecule has 0 amide bonds. The van der Waals surface area contributed by atoms with E-state index < -0.39 is 5.97 Å². The third kappa shape index (κ3) is 4.73. The van der Waals surface area contributed by atoms with Gasteiger partial charge in [0.25, 0.3) is 0 Å². The number of aromatic nitrogens is 1. The summed E-state index contributed by atoms with van der Waals surface area (Å²) >= 11 is 2.21. The van der Waals surface area contributed by atoms with Gasteiger partial charge >= 0.3 is 5.97 Å². The van der Waals surface area contributed by atoms with E-state index in [1.807, 2.05) is 13.8 Å². The van der Waals surface area contributed by atoms with Crippen molar-refractivity contribution in [3.05, 3.63) is 23.0 Å². The molecule has 0 bridgehead atoms. The van der Waals surface area contributed by atoms with Crippen LogP contribution in [0.15, 0.2) is 6.07 Å². The van der Waals surface area contributed by atoms with E-state index in [9.17, 15) is 9.59 Å². The molecule has 1 aliphatic rings. The number of Topliss-reactive ketones (excluding diaryl/α,β-unsaturated/α-hetero) is 1. The third-order valence-electron chi connectivity index (χ3n) is 3.25. The van der Waals surface area contributed by atoms with E-state index in [1.165, 1.54) is 7.11 Å². The lowest BCUT2D eigenvalue weighted by molar-refractivity contribution is 0.0539. The van der Waals surface area contributed by atoms with Gasteiger partial charge in [-0.05, 0) is 40.1 Å². The zero-order valence-electron chi connectivity index (χ0n) is 13.2. The van der Waals surface area contributed by atoms with E-state index in [4.69, 9.17) is 9.47 Å². The fourth-order valence-corrected chi connectivity index (χ4v) is 3.04. The highest BCUT2D eigenvalue weighted by Crippen LogP contribution is 2.26. The number of carbonyl (C=O) groups excluding carboxylic acids is 2. The molecule has 1 heterocycles. The predicted molar refractivity (Wildman–Crippen MR) is 96.8 cm³/mol. The van der Waals surface area contributed by atoms with Crippen molar-refractivity contribution >= 4 is 41.9 Å². The van der Waals surface area contributed by atoms with Gasteiger partial charge in [0, 0.05) is 23.4 Å². The lowest BCUT2D eigenvalue weighted by Crippen LogP contribution is -2.18. The first-order valence-electron chi connectivity index (χ1n) is 7.34. The molecule has 0 spiro atoms. The van der Waals surface area contributed by atoms with E-state index in [2.05, 4.69) is 21.2 Å². The molecule has 2 rings (SSSR count). The van der Waals surface area contributed by atoms with Gasteiger partial charge in [0.05, 0.1) is 13.7 Å². The van der Waals surface area contributed by atoms with Gasteiger partial charge in [-0.3, -0.25) is 4.79 Å². The summed E-state index contributed by atoms with van der Waals surface area (Å²) in [7, 11) is 3.01. The maximum atomic E-state index is 11.9. The van der Waals surface area contributed by atoms with Crippen LogP contribution < -0.4 is 0 Å². The lowest BCUT2D eigenvalue weighted by atomic mass is 9.97. The Morgan fingerprint density at radius 3 is 2.77 bits per heavy atom. The summed E-state index contributed by atoms with van der Waals surface area (Å²) in [5.41, 5.74) is 1.93. The molecule has 0 radical (unpaired) electrons. The molecule has 5 nitrogen and oxygen atoms in total. The average Bonchev–Trinajstić information content (AvgIpc) is 2.93. The van der Waals surface area contributed by atoms with Crippen LogP contribution in [-0.2, 0) is 22.6 Å². The predicted octanol–water partition coefficient (Wildman–Crippen LogP) is 3.88. The smallest absolute Gasteiger partial charge is 0.354 e. The largest absolute Gasteiger partial charge is 0.464 e. The number of esters is 1. The molecule has 0 saturated carbocycles. The first kappa shape index (κ1) is 19.5. The van der Waals surface area contributed by atoms with Gasteiger partial charge in [-0.2, -0.15) is 0 Å². The van der Waals surface area contributed by atoms with Crippen molar-refractivity contribution in [3.63, 3.8) is 0 Å². The number of halogens is 1. The number of methoxy groups -OCH3 is 1. The van der Waals surface area contributed by atoms with Crippen molar-refractivity contribution < 1.29 is 19.1 Å². The van der Waals surface area contributed by atoms with Gasteiger partial charge in [-0.1, -0.05) is 22.8 Å². The Hall–Kier alpha value is -0.540. The molecule has 0 aromatic carbocycles. The maximum Gasteiger partial charge on any atom is 0.354 e. The van der Waals surface area contributed by atoms with E-state index in [-0.39, 0.29) is 12.5 Å². The zero-order chi connectivity index (χ0) is 16.5. The average molecular weight is 439 g/mol. The van der Waals surface area contributed by atoms with Crippen LogP contribution in [0.1, 0.15) is 53.2 Å². The Morgan fingerprint density at radius 1 is 1.41 bits per heavy atom. The molecule has 1 aromatic heterocycles. The summed E-state index contributed by atoms with van der Waals surface area (Å²) < 4.78 is 12.1. The summed E-state index contributed by atoms with van der Waals surface area (Å²) in [5.74, 6) is 0.549. The fourth-order valence-electron chi connectivity index (χ4n) is 2.32. The molecule has 0 fully saturated rings. The van der Waals surface area contributed by atoms with Crippen molar-refractivity contribution in [1.82, 2.24) is 4.57 Å². The first-order valence-corrected chi connectivity index (χ1v) is 10.9. The number of ether oxygens (including phenoxy) is 2. The van der Waals surface area contributed by atoms with Crippen LogP contribution in [-0.4, -0.2) is 35.8 Å². The highest BCUT2D eigenvalue weighted by molar-refractivity contribution is 14.2. The number of hydrogen-bond acceptors (Lipinski definition) is 5. The van der Waals surface area contributed by atoms with Gasteiger partial charge < -0.3 is 14.0 Å². The molecule has 0 unspecified atom stereocenters. The standard InChI is InChI=1S/C13H16INO4S.C2H6/c1-18-13(17)11-7-9-10(3-2-4-12(9)16)15(11)8-19-5-6-20-14;1-2/h7H,2-6,8H2,1H3;1-2H3. The van der Waals surface area contributed by atoms with E-state index >= 15 is 0 Å². The second-order valence-electron chi connectivity index (χ2n) is 4.44. The van der Waals surface area contributed by atoms with Crippen LogP contribution in [0.2, 0.25) is 0 Å². The summed E-state index contributed by atoms with van der Waals surface area (Å²) in [6, 6.07) is 1.64. The van der Waals surface area contributed by atoms with Gasteiger partial charge in [0.1, 0.15) is 12.4 Å². The molecule has 1 aliphatic carbocycles. The summed E-state index contributed by atoms with van der Waals surface area (Å²) in [4.78, 5) is 23.8. The Labute approximate surface area is 147 Å². The van der Waals surface area contributed by atoms with Gasteiger partial charge in [-0.15, -0.1) is 0 Å². The molecular formula is C15H22INO4S. The Balaban J connectivity index is 0.00000116. The molecule has 22 heavy (non-hydrogen) atoms. The van der Waals surface area contributed by atoms with Gasteiger partial charge in [0.15, 0.2) is 5.78 Å². The normalized spacial score (nSPS) is 13.2. The number of ketones is 1. The number of fused-ring (bicyclic) bond motifs is 1. The van der Waals surface area contributed by atoms with Crippen molar-refractivity contribution in [2.24, 2.45) is 0 Å². The second kappa shape index (κ2) is 10.3. The van der Waals surface area contributed by atoms with E-state index in [1.54, 1.807) is 19.6 Å². The molecule has 1 aromatic rings. The summed E-state index contributed by atoms with van der Waals surface area (Å²) in [5, 5.41) is 0. The minimum absolute atomic E-state index is 0.0953. The summed E-state index contributed by atoms with van der Waals surface area (Å²) in [6.45, 7) is 4.89.